The van der Waals surface area contributed by atoms with Gasteiger partial charge < -0.3 is 0 Å². The molecule has 0 amide bonds. The predicted molar refractivity (Wildman–Crippen MR) is 96.3 cm³/mol. The van der Waals surface area contributed by atoms with Gasteiger partial charge in [-0.3, -0.25) is 13.6 Å². The zero-order chi connectivity index (χ0) is 18.1. The quantitative estimate of drug-likeness (QED) is 0.208. The molecular formula is C18H32NO4P. The first-order chi connectivity index (χ1) is 11.5. The maximum Gasteiger partial charge on any atom is 0.474 e. The van der Waals surface area contributed by atoms with Crippen molar-refractivity contribution in [3.05, 3.63) is 0 Å². The molecule has 6 heteroatoms. The fraction of sp³-hybridized carbons (Fsp3) is 0.833. The first-order valence-electron chi connectivity index (χ1n) is 8.88. The molecule has 0 bridgehead atoms. The lowest BCUT2D eigenvalue weighted by atomic mass is 10.0. The lowest BCUT2D eigenvalue weighted by Gasteiger charge is -2.17. The molecule has 0 aromatic carbocycles. The summed E-state index contributed by atoms with van der Waals surface area (Å²) in [7, 11) is -3.57. The fourth-order valence-electron chi connectivity index (χ4n) is 2.00. The summed E-state index contributed by atoms with van der Waals surface area (Å²) in [4.78, 5) is 0. The van der Waals surface area contributed by atoms with Gasteiger partial charge in [0.2, 0.25) is 0 Å². The summed E-state index contributed by atoms with van der Waals surface area (Å²) in [6.07, 6.45) is 13.0. The van der Waals surface area contributed by atoms with Crippen LogP contribution in [-0.2, 0) is 18.1 Å². The van der Waals surface area contributed by atoms with Crippen molar-refractivity contribution in [3.8, 4) is 18.4 Å². The van der Waals surface area contributed by atoms with E-state index >= 15 is 0 Å². The third-order valence-electron chi connectivity index (χ3n) is 3.35. The lowest BCUT2D eigenvalue weighted by molar-refractivity contribution is 0.112. The van der Waals surface area contributed by atoms with Crippen LogP contribution in [0.4, 0.5) is 0 Å². The van der Waals surface area contributed by atoms with E-state index in [1.807, 2.05) is 6.07 Å². The molecule has 138 valence electrons. The largest absolute Gasteiger partial charge is 0.474 e. The van der Waals surface area contributed by atoms with Crippen LogP contribution in [0, 0.1) is 29.6 Å². The van der Waals surface area contributed by atoms with E-state index in [4.69, 9.17) is 25.3 Å². The van der Waals surface area contributed by atoms with Crippen molar-refractivity contribution in [2.45, 2.75) is 71.6 Å². The highest BCUT2D eigenvalue weighted by Crippen LogP contribution is 2.49. The Morgan fingerprint density at radius 1 is 0.917 bits per heavy atom. The topological polar surface area (TPSA) is 68.5 Å². The highest BCUT2D eigenvalue weighted by molar-refractivity contribution is 7.48. The molecule has 0 aromatic rings. The van der Waals surface area contributed by atoms with Crippen molar-refractivity contribution in [1.82, 2.24) is 0 Å². The molecule has 0 fully saturated rings. The van der Waals surface area contributed by atoms with Gasteiger partial charge in [-0.2, -0.15) is 5.26 Å². The second-order valence-electron chi connectivity index (χ2n) is 6.11. The molecule has 0 aliphatic heterocycles. The molecule has 0 radical (unpaired) electrons. The molecule has 0 aromatic heterocycles. The normalized spacial score (nSPS) is 13.4. The Hall–Kier alpha value is -0.840. The molecule has 5 nitrogen and oxygen atoms in total. The van der Waals surface area contributed by atoms with E-state index in [0.29, 0.717) is 19.4 Å². The smallest absolute Gasteiger partial charge is 0.287 e. The van der Waals surface area contributed by atoms with Gasteiger partial charge in [0.25, 0.3) is 0 Å². The second kappa shape index (κ2) is 15.7. The van der Waals surface area contributed by atoms with Gasteiger partial charge in [0.1, 0.15) is 0 Å². The number of phosphoric acid groups is 1. The average molecular weight is 357 g/mol. The van der Waals surface area contributed by atoms with Crippen molar-refractivity contribution in [3.63, 3.8) is 0 Å². The van der Waals surface area contributed by atoms with E-state index in [-0.39, 0.29) is 19.6 Å². The minimum Gasteiger partial charge on any atom is -0.287 e. The molecule has 0 N–H and O–H groups in total. The molecule has 0 aliphatic rings. The molecule has 0 rings (SSSR count). The van der Waals surface area contributed by atoms with Gasteiger partial charge in [0, 0.05) is 6.42 Å². The summed E-state index contributed by atoms with van der Waals surface area (Å²) in [5, 5.41) is 8.55. The van der Waals surface area contributed by atoms with Gasteiger partial charge in [0.15, 0.2) is 0 Å². The van der Waals surface area contributed by atoms with Crippen LogP contribution < -0.4 is 0 Å². The maximum absolute atomic E-state index is 12.5. The number of rotatable bonds is 16. The lowest BCUT2D eigenvalue weighted by Crippen LogP contribution is -2.04. The Balaban J connectivity index is 3.99. The number of hydrogen-bond donors (Lipinski definition) is 0. The number of hydrogen-bond acceptors (Lipinski definition) is 5. The molecule has 0 saturated heterocycles. The SMILES string of the molecule is C#CCCCCOP(=O)(OCCC#N)OCCCCCCC(C)C. The number of nitriles is 1. The Morgan fingerprint density at radius 2 is 1.50 bits per heavy atom. The number of unbranched alkanes of at least 4 members (excludes halogenated alkanes) is 5. The van der Waals surface area contributed by atoms with Gasteiger partial charge in [-0.15, -0.1) is 12.3 Å². The average Bonchev–Trinajstić information content (AvgIpc) is 2.54. The van der Waals surface area contributed by atoms with Crippen LogP contribution in [0.1, 0.15) is 71.6 Å². The van der Waals surface area contributed by atoms with Crippen LogP contribution in [0.15, 0.2) is 0 Å². The number of nitrogens with zero attached hydrogens (tertiary/aromatic N) is 1. The van der Waals surface area contributed by atoms with Gasteiger partial charge in [-0.1, -0.05) is 39.5 Å². The molecule has 0 heterocycles. The third-order valence-corrected chi connectivity index (χ3v) is 4.85. The first kappa shape index (κ1) is 23.2. The van der Waals surface area contributed by atoms with Gasteiger partial charge in [-0.25, -0.2) is 4.57 Å². The minimum absolute atomic E-state index is 0.0481. The van der Waals surface area contributed by atoms with Crippen LogP contribution in [0.25, 0.3) is 0 Å². The predicted octanol–water partition coefficient (Wildman–Crippen LogP) is 5.47. The van der Waals surface area contributed by atoms with Crippen molar-refractivity contribution in [2.75, 3.05) is 19.8 Å². The van der Waals surface area contributed by atoms with Crippen molar-refractivity contribution in [2.24, 2.45) is 5.92 Å². The summed E-state index contributed by atoms with van der Waals surface area (Å²) in [6, 6.07) is 1.94. The number of terminal acetylenes is 1. The summed E-state index contributed by atoms with van der Waals surface area (Å²) in [5.41, 5.74) is 0. The molecule has 1 atom stereocenters. The molecule has 0 aliphatic carbocycles. The van der Waals surface area contributed by atoms with Crippen molar-refractivity contribution >= 4 is 7.82 Å². The molecule has 24 heavy (non-hydrogen) atoms. The molecule has 0 saturated carbocycles. The molecule has 0 spiro atoms. The number of phosphoric ester groups is 1. The van der Waals surface area contributed by atoms with Crippen molar-refractivity contribution in [1.29, 1.82) is 5.26 Å². The Morgan fingerprint density at radius 3 is 2.08 bits per heavy atom. The Bertz CT molecular complexity index is 426. The molecular weight excluding hydrogens is 325 g/mol. The highest BCUT2D eigenvalue weighted by atomic mass is 31.2. The van der Waals surface area contributed by atoms with Crippen LogP contribution in [-0.4, -0.2) is 19.8 Å². The summed E-state index contributed by atoms with van der Waals surface area (Å²) in [6.45, 7) is 5.11. The van der Waals surface area contributed by atoms with Crippen LogP contribution in [0.3, 0.4) is 0 Å². The van der Waals surface area contributed by atoms with Crippen LogP contribution in [0.5, 0.6) is 0 Å². The van der Waals surface area contributed by atoms with E-state index in [9.17, 15) is 4.57 Å². The van der Waals surface area contributed by atoms with Gasteiger partial charge >= 0.3 is 7.82 Å². The van der Waals surface area contributed by atoms with Gasteiger partial charge in [-0.05, 0) is 25.2 Å². The maximum atomic E-state index is 12.5. The Labute approximate surface area is 147 Å². The highest BCUT2D eigenvalue weighted by Gasteiger charge is 2.26. The third kappa shape index (κ3) is 14.7. The summed E-state index contributed by atoms with van der Waals surface area (Å²) >= 11 is 0. The summed E-state index contributed by atoms with van der Waals surface area (Å²) in [5.74, 6) is 3.28. The zero-order valence-electron chi connectivity index (χ0n) is 15.2. The van der Waals surface area contributed by atoms with Crippen LogP contribution in [0.2, 0.25) is 0 Å². The Kier molecular flexibility index (Phi) is 15.1. The fourth-order valence-corrected chi connectivity index (χ4v) is 3.25. The second-order valence-corrected chi connectivity index (χ2v) is 7.78. The van der Waals surface area contributed by atoms with E-state index in [1.165, 1.54) is 12.8 Å². The first-order valence-corrected chi connectivity index (χ1v) is 10.3. The standard InChI is InChI=1S/C18H32NO4P/c1-4-5-6-10-15-21-24(20,23-17-12-14-19)22-16-11-8-7-9-13-18(2)3/h1,18H,5-13,15-17H2,2-3H3. The minimum atomic E-state index is -3.57. The summed E-state index contributed by atoms with van der Waals surface area (Å²) < 4.78 is 28.4. The van der Waals surface area contributed by atoms with E-state index in [0.717, 1.165) is 31.6 Å². The van der Waals surface area contributed by atoms with E-state index in [2.05, 4.69) is 19.8 Å². The van der Waals surface area contributed by atoms with Crippen molar-refractivity contribution < 1.29 is 18.1 Å². The van der Waals surface area contributed by atoms with E-state index in [1.54, 1.807) is 0 Å². The molecule has 1 unspecified atom stereocenters. The van der Waals surface area contributed by atoms with E-state index < -0.39 is 7.82 Å². The van der Waals surface area contributed by atoms with Crippen LogP contribution >= 0.6 is 7.82 Å². The monoisotopic (exact) mass is 357 g/mol. The van der Waals surface area contributed by atoms with Gasteiger partial charge in [0.05, 0.1) is 32.3 Å². The zero-order valence-corrected chi connectivity index (χ0v) is 16.1.